The van der Waals surface area contributed by atoms with Crippen molar-refractivity contribution in [2.75, 3.05) is 27.9 Å². The highest BCUT2D eigenvalue weighted by molar-refractivity contribution is 7.12. The summed E-state index contributed by atoms with van der Waals surface area (Å²) >= 11 is 1.36. The van der Waals surface area contributed by atoms with Crippen molar-refractivity contribution in [2.24, 2.45) is 0 Å². The topological polar surface area (TPSA) is 110 Å². The summed E-state index contributed by atoms with van der Waals surface area (Å²) in [5.41, 5.74) is 0.515. The van der Waals surface area contributed by atoms with E-state index in [1.807, 2.05) is 5.38 Å². The number of methoxy groups -OCH3 is 3. The van der Waals surface area contributed by atoms with Gasteiger partial charge in [-0.1, -0.05) is 6.07 Å². The number of carbonyl (C=O) groups excluding carboxylic acids is 2. The summed E-state index contributed by atoms with van der Waals surface area (Å²) in [6.45, 7) is 0.367. The number of rotatable bonds is 10. The van der Waals surface area contributed by atoms with Crippen LogP contribution >= 0.6 is 11.3 Å². The van der Waals surface area contributed by atoms with E-state index in [-0.39, 0.29) is 18.2 Å². The highest BCUT2D eigenvalue weighted by atomic mass is 32.1. The van der Waals surface area contributed by atoms with Crippen LogP contribution in [0.2, 0.25) is 0 Å². The van der Waals surface area contributed by atoms with Gasteiger partial charge in [-0.15, -0.1) is 11.3 Å². The second kappa shape index (κ2) is 10.9. The summed E-state index contributed by atoms with van der Waals surface area (Å²) in [6.07, 6.45) is 0.629. The molecule has 0 spiro atoms. The van der Waals surface area contributed by atoms with Crippen LogP contribution in [0.25, 0.3) is 0 Å². The first-order valence-electron chi connectivity index (χ1n) is 8.84. The molecule has 0 saturated carbocycles. The van der Waals surface area contributed by atoms with E-state index < -0.39 is 6.04 Å². The molecule has 0 fully saturated rings. The van der Waals surface area contributed by atoms with E-state index >= 15 is 0 Å². The van der Waals surface area contributed by atoms with Gasteiger partial charge in [0.05, 0.1) is 32.3 Å². The van der Waals surface area contributed by atoms with Crippen molar-refractivity contribution in [1.29, 1.82) is 5.26 Å². The first-order valence-corrected chi connectivity index (χ1v) is 9.72. The molecule has 2 N–H and O–H groups in total. The largest absolute Gasteiger partial charge is 0.493 e. The smallest absolute Gasteiger partial charge is 0.261 e. The number of nitrogens with one attached hydrogen (secondary N) is 2. The number of hydrogen-bond donors (Lipinski definition) is 2. The van der Waals surface area contributed by atoms with Gasteiger partial charge in [0.25, 0.3) is 5.91 Å². The number of ether oxygens (including phenoxy) is 3. The molecule has 29 heavy (non-hydrogen) atoms. The number of nitriles is 1. The SMILES string of the molecule is COc1cc(C(C#N)NC(=O)CCCNC(=O)c2cccs2)cc(OC)c1OC. The van der Waals surface area contributed by atoms with E-state index in [9.17, 15) is 14.9 Å². The molecule has 1 heterocycles. The highest BCUT2D eigenvalue weighted by Gasteiger charge is 2.20. The van der Waals surface area contributed by atoms with Gasteiger partial charge < -0.3 is 24.8 Å². The number of carbonyl (C=O) groups is 2. The van der Waals surface area contributed by atoms with Crippen molar-refractivity contribution in [1.82, 2.24) is 10.6 Å². The molecule has 0 bridgehead atoms. The molecule has 1 aromatic heterocycles. The van der Waals surface area contributed by atoms with E-state index in [1.54, 1.807) is 24.3 Å². The van der Waals surface area contributed by atoms with E-state index in [1.165, 1.54) is 32.7 Å². The fourth-order valence-electron chi connectivity index (χ4n) is 2.64. The van der Waals surface area contributed by atoms with Crippen LogP contribution in [0.3, 0.4) is 0 Å². The molecule has 0 saturated heterocycles. The van der Waals surface area contributed by atoms with Crippen LogP contribution in [0, 0.1) is 11.3 Å². The standard InChI is InChI=1S/C20H23N3O5S/c1-26-15-10-13(11-16(27-2)19(15)28-3)14(12-21)23-18(24)7-4-8-22-20(25)17-6-5-9-29-17/h5-6,9-11,14H,4,7-8H2,1-3H3,(H,22,25)(H,23,24). The van der Waals surface area contributed by atoms with E-state index in [4.69, 9.17) is 14.2 Å². The molecular formula is C20H23N3O5S. The molecule has 1 atom stereocenters. The maximum Gasteiger partial charge on any atom is 0.261 e. The third-order valence-electron chi connectivity index (χ3n) is 4.07. The number of benzene rings is 1. The summed E-state index contributed by atoms with van der Waals surface area (Å²) in [4.78, 5) is 24.7. The Morgan fingerprint density at radius 1 is 1.17 bits per heavy atom. The lowest BCUT2D eigenvalue weighted by molar-refractivity contribution is -0.121. The van der Waals surface area contributed by atoms with Crippen molar-refractivity contribution in [3.63, 3.8) is 0 Å². The average molecular weight is 417 g/mol. The van der Waals surface area contributed by atoms with Gasteiger partial charge in [0.2, 0.25) is 11.7 Å². The minimum atomic E-state index is -0.878. The zero-order valence-corrected chi connectivity index (χ0v) is 17.3. The van der Waals surface area contributed by atoms with Crippen LogP contribution in [-0.4, -0.2) is 39.7 Å². The van der Waals surface area contributed by atoms with Crippen LogP contribution in [0.4, 0.5) is 0 Å². The van der Waals surface area contributed by atoms with Gasteiger partial charge in [0, 0.05) is 13.0 Å². The quantitative estimate of drug-likeness (QED) is 0.575. The van der Waals surface area contributed by atoms with Crippen LogP contribution in [0.5, 0.6) is 17.2 Å². The minimum absolute atomic E-state index is 0.160. The van der Waals surface area contributed by atoms with Crippen molar-refractivity contribution in [2.45, 2.75) is 18.9 Å². The Bertz CT molecular complexity index is 852. The summed E-state index contributed by atoms with van der Waals surface area (Å²) in [6, 6.07) is 7.97. The van der Waals surface area contributed by atoms with Gasteiger partial charge in [0.15, 0.2) is 11.5 Å². The van der Waals surface area contributed by atoms with Crippen molar-refractivity contribution < 1.29 is 23.8 Å². The Morgan fingerprint density at radius 3 is 2.38 bits per heavy atom. The number of amides is 2. The fraction of sp³-hybridized carbons (Fsp3) is 0.350. The van der Waals surface area contributed by atoms with Crippen LogP contribution in [-0.2, 0) is 4.79 Å². The Morgan fingerprint density at radius 2 is 1.86 bits per heavy atom. The summed E-state index contributed by atoms with van der Waals surface area (Å²) in [5.74, 6) is 0.743. The molecule has 2 aromatic rings. The van der Waals surface area contributed by atoms with Gasteiger partial charge in [0.1, 0.15) is 6.04 Å². The highest BCUT2D eigenvalue weighted by Crippen LogP contribution is 2.39. The monoisotopic (exact) mass is 417 g/mol. The molecule has 0 aliphatic rings. The zero-order valence-electron chi connectivity index (χ0n) is 16.5. The third-order valence-corrected chi connectivity index (χ3v) is 4.93. The van der Waals surface area contributed by atoms with Gasteiger partial charge in [-0.05, 0) is 35.6 Å². The molecule has 2 rings (SSSR count). The Kier molecular flexibility index (Phi) is 8.30. The molecule has 0 aliphatic carbocycles. The molecule has 8 nitrogen and oxygen atoms in total. The van der Waals surface area contributed by atoms with Crippen molar-refractivity contribution in [3.8, 4) is 23.3 Å². The fourth-order valence-corrected chi connectivity index (χ4v) is 3.28. The van der Waals surface area contributed by atoms with E-state index in [2.05, 4.69) is 16.7 Å². The predicted octanol–water partition coefficient (Wildman–Crippen LogP) is 2.66. The lowest BCUT2D eigenvalue weighted by atomic mass is 10.1. The summed E-state index contributed by atoms with van der Waals surface area (Å²) < 4.78 is 15.8. The second-order valence-electron chi connectivity index (χ2n) is 5.93. The lowest BCUT2D eigenvalue weighted by Crippen LogP contribution is -2.29. The molecule has 9 heteroatoms. The van der Waals surface area contributed by atoms with E-state index in [0.29, 0.717) is 40.7 Å². The maximum absolute atomic E-state index is 12.2. The van der Waals surface area contributed by atoms with Crippen LogP contribution < -0.4 is 24.8 Å². The first kappa shape index (κ1) is 22.0. The van der Waals surface area contributed by atoms with E-state index in [0.717, 1.165) is 0 Å². The molecule has 1 unspecified atom stereocenters. The lowest BCUT2D eigenvalue weighted by Gasteiger charge is -2.17. The van der Waals surface area contributed by atoms with Gasteiger partial charge >= 0.3 is 0 Å². The normalized spacial score (nSPS) is 11.1. The van der Waals surface area contributed by atoms with Gasteiger partial charge in [-0.2, -0.15) is 5.26 Å². The zero-order chi connectivity index (χ0) is 21.2. The van der Waals surface area contributed by atoms with Crippen LogP contribution in [0.15, 0.2) is 29.6 Å². The number of thiophene rings is 1. The average Bonchev–Trinajstić information content (AvgIpc) is 3.28. The molecule has 1 aromatic carbocycles. The summed E-state index contributed by atoms with van der Waals surface area (Å²) in [5, 5.41) is 16.8. The third kappa shape index (κ3) is 5.86. The number of hydrogen-bond acceptors (Lipinski definition) is 7. The molecular weight excluding hydrogens is 394 g/mol. The molecule has 0 radical (unpaired) electrons. The first-order chi connectivity index (χ1) is 14.0. The molecule has 154 valence electrons. The minimum Gasteiger partial charge on any atom is -0.493 e. The molecule has 2 amide bonds. The Hall–Kier alpha value is -3.25. The maximum atomic E-state index is 12.2. The number of nitrogens with zero attached hydrogens (tertiary/aromatic N) is 1. The van der Waals surface area contributed by atoms with Crippen molar-refractivity contribution >= 4 is 23.2 Å². The van der Waals surface area contributed by atoms with Crippen molar-refractivity contribution in [3.05, 3.63) is 40.1 Å². The van der Waals surface area contributed by atoms with Gasteiger partial charge in [-0.25, -0.2) is 0 Å². The second-order valence-corrected chi connectivity index (χ2v) is 6.87. The molecule has 0 aliphatic heterocycles. The summed E-state index contributed by atoms with van der Waals surface area (Å²) in [7, 11) is 4.44. The van der Waals surface area contributed by atoms with Gasteiger partial charge in [-0.3, -0.25) is 9.59 Å². The predicted molar refractivity (Wildman–Crippen MR) is 108 cm³/mol. The van der Waals surface area contributed by atoms with Crippen LogP contribution in [0.1, 0.15) is 34.1 Å². The Labute approximate surface area is 173 Å². The Balaban J connectivity index is 1.93.